The van der Waals surface area contributed by atoms with Crippen molar-refractivity contribution in [2.24, 2.45) is 4.99 Å². The van der Waals surface area contributed by atoms with Crippen molar-refractivity contribution in [2.45, 2.75) is 19.9 Å². The van der Waals surface area contributed by atoms with Crippen LogP contribution in [0.2, 0.25) is 0 Å². The molecule has 1 aromatic rings. The number of aryl methyl sites for hydroxylation is 1. The highest BCUT2D eigenvalue weighted by Crippen LogP contribution is 1.94. The fraction of sp³-hybridized carbons (Fsp3) is 0.769. The molecule has 1 heterocycles. The fourth-order valence-corrected chi connectivity index (χ4v) is 1.74. The standard InChI is InChI=1S/C13H26N6O2.HI/c1-4-12-18-17-11-19(12)7-5-15-13(14-2)16-6-8-21-10-9-20-3;/h11H,4-10H2,1-3H3,(H2,14,15,16);1H. The molecule has 0 unspecified atom stereocenters. The summed E-state index contributed by atoms with van der Waals surface area (Å²) in [6.45, 7) is 6.18. The number of rotatable bonds is 10. The number of nitrogens with zero attached hydrogens (tertiary/aromatic N) is 4. The summed E-state index contributed by atoms with van der Waals surface area (Å²) in [6.07, 6.45) is 2.63. The van der Waals surface area contributed by atoms with Gasteiger partial charge in [0.15, 0.2) is 5.96 Å². The minimum Gasteiger partial charge on any atom is -0.382 e. The van der Waals surface area contributed by atoms with Gasteiger partial charge in [-0.25, -0.2) is 0 Å². The zero-order valence-electron chi connectivity index (χ0n) is 13.5. The number of hydrogen-bond donors (Lipinski definition) is 2. The smallest absolute Gasteiger partial charge is 0.191 e. The van der Waals surface area contributed by atoms with Gasteiger partial charge in [0.05, 0.1) is 19.8 Å². The van der Waals surface area contributed by atoms with E-state index in [4.69, 9.17) is 9.47 Å². The van der Waals surface area contributed by atoms with E-state index in [-0.39, 0.29) is 24.0 Å². The van der Waals surface area contributed by atoms with Crippen LogP contribution in [0.4, 0.5) is 0 Å². The van der Waals surface area contributed by atoms with Crippen LogP contribution >= 0.6 is 24.0 Å². The minimum atomic E-state index is 0. The number of guanidine groups is 1. The largest absolute Gasteiger partial charge is 0.382 e. The molecule has 128 valence electrons. The summed E-state index contributed by atoms with van der Waals surface area (Å²) < 4.78 is 12.3. The second-order valence-electron chi connectivity index (χ2n) is 4.33. The third kappa shape index (κ3) is 8.49. The molecular weight excluding hydrogens is 399 g/mol. The van der Waals surface area contributed by atoms with Crippen molar-refractivity contribution < 1.29 is 9.47 Å². The van der Waals surface area contributed by atoms with Crippen molar-refractivity contribution in [3.63, 3.8) is 0 Å². The zero-order chi connectivity index (χ0) is 15.3. The number of hydrogen-bond acceptors (Lipinski definition) is 5. The Morgan fingerprint density at radius 2 is 2.05 bits per heavy atom. The Hall–Kier alpha value is -0.940. The molecule has 0 radical (unpaired) electrons. The van der Waals surface area contributed by atoms with Gasteiger partial charge < -0.3 is 24.7 Å². The van der Waals surface area contributed by atoms with E-state index in [1.165, 1.54) is 0 Å². The van der Waals surface area contributed by atoms with Crippen molar-refractivity contribution in [1.29, 1.82) is 0 Å². The normalized spacial score (nSPS) is 11.1. The lowest BCUT2D eigenvalue weighted by Crippen LogP contribution is -2.40. The lowest BCUT2D eigenvalue weighted by atomic mass is 10.4. The molecule has 22 heavy (non-hydrogen) atoms. The molecule has 0 amide bonds. The lowest BCUT2D eigenvalue weighted by molar-refractivity contribution is 0.0733. The summed E-state index contributed by atoms with van der Waals surface area (Å²) in [5.74, 6) is 1.75. The van der Waals surface area contributed by atoms with Gasteiger partial charge in [-0.15, -0.1) is 34.2 Å². The first-order valence-electron chi connectivity index (χ1n) is 7.19. The average molecular weight is 426 g/mol. The predicted octanol–water partition coefficient (Wildman–Crippen LogP) is 0.287. The van der Waals surface area contributed by atoms with Crippen LogP contribution in [0, 0.1) is 0 Å². The third-order valence-electron chi connectivity index (χ3n) is 2.85. The summed E-state index contributed by atoms with van der Waals surface area (Å²) in [4.78, 5) is 4.16. The van der Waals surface area contributed by atoms with Crippen molar-refractivity contribution >= 4 is 29.9 Å². The molecule has 0 aromatic carbocycles. The molecule has 0 aliphatic rings. The van der Waals surface area contributed by atoms with Gasteiger partial charge >= 0.3 is 0 Å². The Morgan fingerprint density at radius 3 is 2.73 bits per heavy atom. The van der Waals surface area contributed by atoms with Crippen LogP contribution < -0.4 is 10.6 Å². The fourth-order valence-electron chi connectivity index (χ4n) is 1.74. The SMILES string of the molecule is CCc1nncn1CCNC(=NC)NCCOCCOC.I. The Labute approximate surface area is 149 Å². The van der Waals surface area contributed by atoms with Crippen LogP contribution in [0.15, 0.2) is 11.3 Å². The minimum absolute atomic E-state index is 0. The third-order valence-corrected chi connectivity index (χ3v) is 2.85. The highest BCUT2D eigenvalue weighted by Gasteiger charge is 2.02. The van der Waals surface area contributed by atoms with Crippen molar-refractivity contribution in [2.75, 3.05) is 47.1 Å². The molecule has 0 bridgehead atoms. The first-order valence-corrected chi connectivity index (χ1v) is 7.19. The monoisotopic (exact) mass is 426 g/mol. The maximum Gasteiger partial charge on any atom is 0.191 e. The Bertz CT molecular complexity index is 413. The highest BCUT2D eigenvalue weighted by molar-refractivity contribution is 14.0. The van der Waals surface area contributed by atoms with E-state index in [9.17, 15) is 0 Å². The molecule has 9 heteroatoms. The van der Waals surface area contributed by atoms with E-state index in [1.807, 2.05) is 4.57 Å². The van der Waals surface area contributed by atoms with Gasteiger partial charge in [0.1, 0.15) is 12.2 Å². The molecule has 0 fully saturated rings. The van der Waals surface area contributed by atoms with Crippen molar-refractivity contribution in [1.82, 2.24) is 25.4 Å². The van der Waals surface area contributed by atoms with Gasteiger partial charge in [0.25, 0.3) is 0 Å². The summed E-state index contributed by atoms with van der Waals surface area (Å²) >= 11 is 0. The number of aliphatic imine (C=N–C) groups is 1. The Balaban J connectivity index is 0.00000441. The number of nitrogens with one attached hydrogen (secondary N) is 2. The summed E-state index contributed by atoms with van der Waals surface area (Å²) in [6, 6.07) is 0. The van der Waals surface area contributed by atoms with E-state index >= 15 is 0 Å². The maximum atomic E-state index is 5.37. The van der Waals surface area contributed by atoms with Gasteiger partial charge in [-0.2, -0.15) is 0 Å². The van der Waals surface area contributed by atoms with E-state index in [0.717, 1.165) is 31.3 Å². The van der Waals surface area contributed by atoms with Crippen LogP contribution in [0.5, 0.6) is 0 Å². The van der Waals surface area contributed by atoms with Crippen molar-refractivity contribution in [3.8, 4) is 0 Å². The second kappa shape index (κ2) is 13.7. The average Bonchev–Trinajstić information content (AvgIpc) is 2.96. The maximum absolute atomic E-state index is 5.37. The zero-order valence-corrected chi connectivity index (χ0v) is 15.9. The van der Waals surface area contributed by atoms with Crippen LogP contribution in [-0.4, -0.2) is 67.8 Å². The van der Waals surface area contributed by atoms with E-state index in [1.54, 1.807) is 20.5 Å². The van der Waals surface area contributed by atoms with Gasteiger partial charge in [-0.05, 0) is 0 Å². The summed E-state index contributed by atoms with van der Waals surface area (Å²) in [5, 5.41) is 14.4. The number of aromatic nitrogens is 3. The first kappa shape index (κ1) is 21.1. The van der Waals surface area contributed by atoms with Crippen molar-refractivity contribution in [3.05, 3.63) is 12.2 Å². The number of methoxy groups -OCH3 is 1. The molecule has 0 atom stereocenters. The van der Waals surface area contributed by atoms with Crippen LogP contribution in [0.1, 0.15) is 12.7 Å². The quantitative estimate of drug-likeness (QED) is 0.242. The number of halogens is 1. The molecule has 8 nitrogen and oxygen atoms in total. The molecule has 0 saturated heterocycles. The molecule has 0 aliphatic carbocycles. The van der Waals surface area contributed by atoms with Gasteiger partial charge in [0.2, 0.25) is 0 Å². The lowest BCUT2D eigenvalue weighted by Gasteiger charge is -2.12. The molecule has 0 aliphatic heterocycles. The topological polar surface area (TPSA) is 85.6 Å². The Kier molecular flexibility index (Phi) is 13.1. The van der Waals surface area contributed by atoms with Gasteiger partial charge in [-0.3, -0.25) is 4.99 Å². The van der Waals surface area contributed by atoms with Crippen LogP contribution in [-0.2, 0) is 22.4 Å². The molecule has 0 spiro atoms. The van der Waals surface area contributed by atoms with Gasteiger partial charge in [0, 0.05) is 40.2 Å². The molecule has 2 N–H and O–H groups in total. The van der Waals surface area contributed by atoms with E-state index in [0.29, 0.717) is 26.4 Å². The van der Waals surface area contributed by atoms with Crippen LogP contribution in [0.3, 0.4) is 0 Å². The van der Waals surface area contributed by atoms with E-state index in [2.05, 4.69) is 32.7 Å². The molecular formula is C13H27IN6O2. The highest BCUT2D eigenvalue weighted by atomic mass is 127. The molecule has 1 rings (SSSR count). The second-order valence-corrected chi connectivity index (χ2v) is 4.33. The number of ether oxygens (including phenoxy) is 2. The molecule has 0 saturated carbocycles. The predicted molar refractivity (Wildman–Crippen MR) is 96.9 cm³/mol. The summed E-state index contributed by atoms with van der Waals surface area (Å²) in [7, 11) is 3.41. The first-order chi connectivity index (χ1) is 10.3. The van der Waals surface area contributed by atoms with Gasteiger partial charge in [-0.1, -0.05) is 6.92 Å². The van der Waals surface area contributed by atoms with Crippen LogP contribution in [0.25, 0.3) is 0 Å². The van der Waals surface area contributed by atoms with E-state index < -0.39 is 0 Å². The molecule has 1 aromatic heterocycles. The Morgan fingerprint density at radius 1 is 1.27 bits per heavy atom. The summed E-state index contributed by atoms with van der Waals surface area (Å²) in [5.41, 5.74) is 0.